The van der Waals surface area contributed by atoms with Crippen LogP contribution in [-0.4, -0.2) is 61.0 Å². The van der Waals surface area contributed by atoms with Crippen molar-refractivity contribution in [3.8, 4) is 0 Å². The molecule has 4 aromatic rings. The van der Waals surface area contributed by atoms with Crippen molar-refractivity contribution in [3.63, 3.8) is 0 Å². The summed E-state index contributed by atoms with van der Waals surface area (Å²) in [6.07, 6.45) is 6.52. The fourth-order valence-corrected chi connectivity index (χ4v) is 6.59. The molecule has 8 nitrogen and oxygen atoms in total. The monoisotopic (exact) mass is 585 g/mol. The Morgan fingerprint density at radius 2 is 1.30 bits per heavy atom. The molecule has 3 aliphatic heterocycles. The van der Waals surface area contributed by atoms with Gasteiger partial charge in [-0.25, -0.2) is 4.99 Å². The second-order valence-electron chi connectivity index (χ2n) is 11.7. The van der Waals surface area contributed by atoms with Crippen LogP contribution in [0.15, 0.2) is 108 Å². The van der Waals surface area contributed by atoms with Crippen LogP contribution in [0.2, 0.25) is 0 Å². The Hall–Kier alpha value is -4.85. The Balaban J connectivity index is 1.20. The lowest BCUT2D eigenvalue weighted by Crippen LogP contribution is -2.55. The topological polar surface area (TPSA) is 67.3 Å². The molecular weight excluding hydrogens is 546 g/mol. The Bertz CT molecular complexity index is 1580. The number of aliphatic imine (C=N–C) groups is 1. The minimum atomic E-state index is -0.190. The summed E-state index contributed by atoms with van der Waals surface area (Å²) >= 11 is 0. The quantitative estimate of drug-likeness (QED) is 0.298. The first-order valence-electron chi connectivity index (χ1n) is 15.8. The number of pyridine rings is 1. The summed E-state index contributed by atoms with van der Waals surface area (Å²) in [6, 6.07) is 31.2. The first-order chi connectivity index (χ1) is 21.7. The van der Waals surface area contributed by atoms with Crippen LogP contribution in [-0.2, 0) is 11.3 Å². The molecule has 0 bridgehead atoms. The highest BCUT2D eigenvalue weighted by atomic mass is 16.1. The smallest absolute Gasteiger partial charge is 0.222 e. The van der Waals surface area contributed by atoms with Gasteiger partial charge in [-0.15, -0.1) is 0 Å². The van der Waals surface area contributed by atoms with Crippen molar-refractivity contribution in [2.24, 2.45) is 4.99 Å². The molecule has 0 aliphatic carbocycles. The van der Waals surface area contributed by atoms with Gasteiger partial charge >= 0.3 is 0 Å². The van der Waals surface area contributed by atoms with Gasteiger partial charge in [0.05, 0.1) is 18.2 Å². The molecule has 1 atom stereocenters. The highest BCUT2D eigenvalue weighted by Gasteiger charge is 2.36. The number of aromatic nitrogens is 1. The summed E-state index contributed by atoms with van der Waals surface area (Å²) in [6.45, 7) is 6.15. The zero-order valence-corrected chi connectivity index (χ0v) is 25.1. The van der Waals surface area contributed by atoms with Gasteiger partial charge < -0.3 is 24.9 Å². The Labute approximate surface area is 259 Å². The summed E-state index contributed by atoms with van der Waals surface area (Å²) in [5, 5.41) is 3.18. The molecule has 224 valence electrons. The van der Waals surface area contributed by atoms with E-state index in [2.05, 4.69) is 84.5 Å². The molecule has 0 radical (unpaired) electrons. The van der Waals surface area contributed by atoms with Crippen LogP contribution >= 0.6 is 0 Å². The van der Waals surface area contributed by atoms with Gasteiger partial charge in [-0.1, -0.05) is 48.5 Å². The summed E-state index contributed by atoms with van der Waals surface area (Å²) in [7, 11) is 0. The lowest BCUT2D eigenvalue weighted by atomic mass is 9.97. The largest absolute Gasteiger partial charge is 0.372 e. The van der Waals surface area contributed by atoms with E-state index in [4.69, 9.17) is 4.99 Å². The van der Waals surface area contributed by atoms with Gasteiger partial charge in [0.25, 0.3) is 0 Å². The molecule has 1 N–H and O–H groups in total. The molecule has 8 heteroatoms. The van der Waals surface area contributed by atoms with E-state index >= 15 is 0 Å². The number of para-hydroxylation sites is 1. The average Bonchev–Trinajstić information content (AvgIpc) is 3.64. The number of piperazine rings is 1. The van der Waals surface area contributed by atoms with Crippen molar-refractivity contribution in [1.29, 1.82) is 0 Å². The third kappa shape index (κ3) is 5.97. The molecule has 0 spiro atoms. The maximum Gasteiger partial charge on any atom is 0.222 e. The highest BCUT2D eigenvalue weighted by molar-refractivity contribution is 6.01. The number of hydrogen-bond acceptors (Lipinski definition) is 7. The van der Waals surface area contributed by atoms with Gasteiger partial charge in [0, 0.05) is 80.8 Å². The maximum absolute atomic E-state index is 13.6. The SMILES string of the molecule is O=C(CC1c2ccccc2N=C(N2CCN(c3ccncc3)CC2)N1c1ccc(N2CCCC2)cc1)NCc1ccccc1. The first-order valence-corrected chi connectivity index (χ1v) is 15.8. The zero-order chi connectivity index (χ0) is 29.7. The Morgan fingerprint density at radius 3 is 2.05 bits per heavy atom. The van der Waals surface area contributed by atoms with Crippen molar-refractivity contribution in [3.05, 3.63) is 115 Å². The first kappa shape index (κ1) is 28.0. The number of hydrogen-bond donors (Lipinski definition) is 1. The third-order valence-corrected chi connectivity index (χ3v) is 8.94. The number of fused-ring (bicyclic) bond motifs is 1. The second kappa shape index (κ2) is 12.8. The average molecular weight is 586 g/mol. The molecular formula is C36H39N7O. The molecule has 4 heterocycles. The molecule has 3 aromatic carbocycles. The van der Waals surface area contributed by atoms with Gasteiger partial charge in [-0.05, 0) is 60.9 Å². The molecule has 3 aliphatic rings. The third-order valence-electron chi connectivity index (χ3n) is 8.94. The van der Waals surface area contributed by atoms with Crippen LogP contribution in [0.4, 0.5) is 22.7 Å². The number of carbonyl (C=O) groups excluding carboxylic acids is 1. The fraction of sp³-hybridized carbons (Fsp3) is 0.306. The molecule has 1 aromatic heterocycles. The predicted octanol–water partition coefficient (Wildman–Crippen LogP) is 5.76. The summed E-state index contributed by atoms with van der Waals surface area (Å²) in [5.74, 6) is 0.934. The molecule has 1 unspecified atom stereocenters. The fourth-order valence-electron chi connectivity index (χ4n) is 6.59. The molecule has 1 amide bonds. The number of nitrogens with one attached hydrogen (secondary N) is 1. The van der Waals surface area contributed by atoms with E-state index in [1.165, 1.54) is 24.2 Å². The van der Waals surface area contributed by atoms with E-state index in [0.29, 0.717) is 13.0 Å². The molecule has 0 saturated carbocycles. The van der Waals surface area contributed by atoms with Crippen molar-refractivity contribution in [2.45, 2.75) is 31.8 Å². The standard InChI is InChI=1S/C36H39N7O/c44-35(38-27-28-8-2-1-3-9-28)26-34-32-10-4-5-11-33(32)39-36(42-24-22-41(23-25-42)30-16-18-37-19-17-30)43(34)31-14-12-29(13-15-31)40-20-6-7-21-40/h1-5,8-19,34H,6-7,20-27H2,(H,38,44). The predicted molar refractivity (Wildman–Crippen MR) is 178 cm³/mol. The Kier molecular flexibility index (Phi) is 8.13. The van der Waals surface area contributed by atoms with E-state index in [0.717, 1.165) is 67.7 Å². The molecule has 7 rings (SSSR count). The van der Waals surface area contributed by atoms with Gasteiger partial charge in [-0.3, -0.25) is 9.78 Å². The normalized spacial score (nSPS) is 18.2. The summed E-state index contributed by atoms with van der Waals surface area (Å²) in [4.78, 5) is 32.6. The van der Waals surface area contributed by atoms with Crippen LogP contribution < -0.4 is 20.0 Å². The van der Waals surface area contributed by atoms with Crippen LogP contribution in [0.25, 0.3) is 0 Å². The number of rotatable bonds is 7. The van der Waals surface area contributed by atoms with Gasteiger partial charge in [0.1, 0.15) is 0 Å². The van der Waals surface area contributed by atoms with Gasteiger partial charge in [0.2, 0.25) is 11.9 Å². The molecule has 2 saturated heterocycles. The second-order valence-corrected chi connectivity index (χ2v) is 11.7. The minimum Gasteiger partial charge on any atom is -0.372 e. The van der Waals surface area contributed by atoms with Crippen LogP contribution in [0.1, 0.15) is 36.4 Å². The van der Waals surface area contributed by atoms with Crippen molar-refractivity contribution in [1.82, 2.24) is 15.2 Å². The number of anilines is 3. The number of guanidine groups is 1. The van der Waals surface area contributed by atoms with Gasteiger partial charge in [-0.2, -0.15) is 0 Å². The summed E-state index contributed by atoms with van der Waals surface area (Å²) < 4.78 is 0. The van der Waals surface area contributed by atoms with Crippen molar-refractivity contribution in [2.75, 3.05) is 54.0 Å². The van der Waals surface area contributed by atoms with E-state index in [-0.39, 0.29) is 11.9 Å². The lowest BCUT2D eigenvalue weighted by Gasteiger charge is -2.45. The van der Waals surface area contributed by atoms with E-state index in [9.17, 15) is 4.79 Å². The van der Waals surface area contributed by atoms with E-state index in [1.807, 2.05) is 48.8 Å². The zero-order valence-electron chi connectivity index (χ0n) is 25.1. The Morgan fingerprint density at radius 1 is 0.682 bits per heavy atom. The number of carbonyl (C=O) groups is 1. The lowest BCUT2D eigenvalue weighted by molar-refractivity contribution is -0.121. The van der Waals surface area contributed by atoms with Crippen molar-refractivity contribution < 1.29 is 4.79 Å². The number of benzene rings is 3. The van der Waals surface area contributed by atoms with Crippen LogP contribution in [0, 0.1) is 0 Å². The van der Waals surface area contributed by atoms with E-state index in [1.54, 1.807) is 0 Å². The molecule has 44 heavy (non-hydrogen) atoms. The maximum atomic E-state index is 13.6. The molecule has 2 fully saturated rings. The minimum absolute atomic E-state index is 0.0242. The number of amides is 1. The van der Waals surface area contributed by atoms with Crippen molar-refractivity contribution >= 4 is 34.6 Å². The van der Waals surface area contributed by atoms with Gasteiger partial charge in [0.15, 0.2) is 0 Å². The van der Waals surface area contributed by atoms with Crippen LogP contribution in [0.3, 0.4) is 0 Å². The van der Waals surface area contributed by atoms with E-state index < -0.39 is 0 Å². The highest BCUT2D eigenvalue weighted by Crippen LogP contribution is 2.41. The number of nitrogens with zero attached hydrogens (tertiary/aromatic N) is 6. The summed E-state index contributed by atoms with van der Waals surface area (Å²) in [5.41, 5.74) is 6.60. The van der Waals surface area contributed by atoms with Crippen LogP contribution in [0.5, 0.6) is 0 Å².